The van der Waals surface area contributed by atoms with E-state index in [1.165, 1.54) is 22.0 Å². The lowest BCUT2D eigenvalue weighted by Gasteiger charge is -2.14. The molecule has 34 heavy (non-hydrogen) atoms. The van der Waals surface area contributed by atoms with Gasteiger partial charge < -0.3 is 14.4 Å². The Kier molecular flexibility index (Phi) is 7.12. The molecule has 0 fully saturated rings. The van der Waals surface area contributed by atoms with Crippen LogP contribution in [0, 0.1) is 13.8 Å². The molecule has 2 aromatic carbocycles. The first-order valence-corrected chi connectivity index (χ1v) is 11.5. The summed E-state index contributed by atoms with van der Waals surface area (Å²) in [7, 11) is 0. The van der Waals surface area contributed by atoms with Crippen molar-refractivity contribution in [3.63, 3.8) is 0 Å². The van der Waals surface area contributed by atoms with Crippen LogP contribution in [-0.4, -0.2) is 20.6 Å². The molecule has 4 rings (SSSR count). The average molecular weight is 455 g/mol. The van der Waals surface area contributed by atoms with Crippen LogP contribution >= 0.6 is 0 Å². The number of pyridine rings is 1. The van der Waals surface area contributed by atoms with Crippen molar-refractivity contribution >= 4 is 16.9 Å². The monoisotopic (exact) mass is 454 g/mol. The zero-order valence-electron chi connectivity index (χ0n) is 19.9. The second-order valence-electron chi connectivity index (χ2n) is 8.63. The molecule has 1 N–H and O–H groups in total. The molecule has 5 heteroatoms. The van der Waals surface area contributed by atoms with Crippen LogP contribution in [-0.2, 0) is 17.9 Å². The number of carboxylic acid groups (broad SMARTS) is 1. The molecule has 2 aromatic heterocycles. The Morgan fingerprint density at radius 2 is 1.88 bits per heavy atom. The van der Waals surface area contributed by atoms with Gasteiger partial charge >= 0.3 is 5.97 Å². The SMILES string of the molecule is CC=C[C@H](CC(=O)O)c1ccc(OCc2ccc3ccn(Cc4ccc(C)nc4)c3c2C)cc1. The summed E-state index contributed by atoms with van der Waals surface area (Å²) in [5.41, 5.74) is 6.70. The molecule has 174 valence electrons. The summed E-state index contributed by atoms with van der Waals surface area (Å²) in [6.07, 6.45) is 7.94. The fourth-order valence-corrected chi connectivity index (χ4v) is 4.29. The van der Waals surface area contributed by atoms with E-state index < -0.39 is 5.97 Å². The van der Waals surface area contributed by atoms with Gasteiger partial charge in [-0.15, -0.1) is 0 Å². The van der Waals surface area contributed by atoms with Crippen molar-refractivity contribution in [2.75, 3.05) is 0 Å². The Labute approximate surface area is 200 Å². The normalized spacial score (nSPS) is 12.3. The van der Waals surface area contributed by atoms with Crippen molar-refractivity contribution < 1.29 is 14.6 Å². The van der Waals surface area contributed by atoms with Gasteiger partial charge in [0.1, 0.15) is 12.4 Å². The Morgan fingerprint density at radius 3 is 2.56 bits per heavy atom. The molecule has 0 amide bonds. The minimum atomic E-state index is -0.808. The van der Waals surface area contributed by atoms with Gasteiger partial charge in [0, 0.05) is 30.6 Å². The summed E-state index contributed by atoms with van der Waals surface area (Å²) >= 11 is 0. The summed E-state index contributed by atoms with van der Waals surface area (Å²) < 4.78 is 8.35. The second kappa shape index (κ2) is 10.4. The van der Waals surface area contributed by atoms with E-state index in [0.717, 1.165) is 29.1 Å². The summed E-state index contributed by atoms with van der Waals surface area (Å²) in [5, 5.41) is 10.4. The van der Waals surface area contributed by atoms with Crippen molar-refractivity contribution in [3.8, 4) is 5.75 Å². The van der Waals surface area contributed by atoms with E-state index in [1.807, 2.05) is 62.5 Å². The van der Waals surface area contributed by atoms with Gasteiger partial charge in [-0.25, -0.2) is 0 Å². The number of carboxylic acids is 1. The quantitative estimate of drug-likeness (QED) is 0.297. The van der Waals surface area contributed by atoms with E-state index in [2.05, 4.69) is 46.9 Å². The number of carbonyl (C=O) groups is 1. The number of fused-ring (bicyclic) bond motifs is 1. The first-order chi connectivity index (χ1) is 16.4. The van der Waals surface area contributed by atoms with Crippen LogP contribution in [0.4, 0.5) is 0 Å². The van der Waals surface area contributed by atoms with Gasteiger partial charge in [-0.05, 0) is 72.7 Å². The highest BCUT2D eigenvalue weighted by atomic mass is 16.5. The number of hydrogen-bond donors (Lipinski definition) is 1. The predicted molar refractivity (Wildman–Crippen MR) is 135 cm³/mol. The van der Waals surface area contributed by atoms with Crippen molar-refractivity contribution in [2.24, 2.45) is 0 Å². The number of aryl methyl sites for hydroxylation is 2. The van der Waals surface area contributed by atoms with Gasteiger partial charge in [0.25, 0.3) is 0 Å². The van der Waals surface area contributed by atoms with Crippen LogP contribution < -0.4 is 4.74 Å². The predicted octanol–water partition coefficient (Wildman–Crippen LogP) is 6.41. The third-order valence-electron chi connectivity index (χ3n) is 6.14. The van der Waals surface area contributed by atoms with Gasteiger partial charge in [-0.1, -0.05) is 42.5 Å². The number of ether oxygens (including phenoxy) is 1. The summed E-state index contributed by atoms with van der Waals surface area (Å²) in [6, 6.07) is 18.3. The van der Waals surface area contributed by atoms with Gasteiger partial charge in [0.05, 0.1) is 11.9 Å². The van der Waals surface area contributed by atoms with Gasteiger partial charge in [0.15, 0.2) is 0 Å². The zero-order chi connectivity index (χ0) is 24.1. The number of hydrogen-bond acceptors (Lipinski definition) is 3. The number of nitrogens with zero attached hydrogens (tertiary/aromatic N) is 2. The van der Waals surface area contributed by atoms with Crippen LogP contribution in [0.25, 0.3) is 10.9 Å². The molecule has 0 radical (unpaired) electrons. The van der Waals surface area contributed by atoms with E-state index in [0.29, 0.717) is 6.61 Å². The molecule has 0 aliphatic heterocycles. The van der Waals surface area contributed by atoms with Crippen LogP contribution in [0.15, 0.2) is 79.1 Å². The van der Waals surface area contributed by atoms with Crippen LogP contribution in [0.5, 0.6) is 5.75 Å². The van der Waals surface area contributed by atoms with Crippen molar-refractivity contribution in [1.29, 1.82) is 0 Å². The third-order valence-corrected chi connectivity index (χ3v) is 6.14. The molecule has 0 saturated heterocycles. The zero-order valence-corrected chi connectivity index (χ0v) is 19.9. The number of rotatable bonds is 9. The number of aromatic nitrogens is 2. The summed E-state index contributed by atoms with van der Waals surface area (Å²) in [5.74, 6) is -0.186. The van der Waals surface area contributed by atoms with E-state index in [9.17, 15) is 9.90 Å². The Balaban J connectivity index is 1.49. The maximum Gasteiger partial charge on any atom is 0.304 e. The molecule has 0 saturated carbocycles. The highest BCUT2D eigenvalue weighted by Gasteiger charge is 2.13. The molecular weight excluding hydrogens is 424 g/mol. The minimum absolute atomic E-state index is 0.0715. The van der Waals surface area contributed by atoms with E-state index in [-0.39, 0.29) is 12.3 Å². The van der Waals surface area contributed by atoms with Crippen LogP contribution in [0.2, 0.25) is 0 Å². The smallest absolute Gasteiger partial charge is 0.304 e. The highest BCUT2D eigenvalue weighted by molar-refractivity contribution is 5.84. The molecule has 0 aliphatic rings. The number of allylic oxidation sites excluding steroid dienone is 2. The first-order valence-electron chi connectivity index (χ1n) is 11.5. The minimum Gasteiger partial charge on any atom is -0.489 e. The molecule has 5 nitrogen and oxygen atoms in total. The van der Waals surface area contributed by atoms with Crippen molar-refractivity contribution in [1.82, 2.24) is 9.55 Å². The van der Waals surface area contributed by atoms with Crippen LogP contribution in [0.1, 0.15) is 47.2 Å². The molecule has 0 aliphatic carbocycles. The Morgan fingerprint density at radius 1 is 1.09 bits per heavy atom. The van der Waals surface area contributed by atoms with Crippen molar-refractivity contribution in [2.45, 2.75) is 46.3 Å². The number of benzene rings is 2. The molecule has 2 heterocycles. The molecule has 0 bridgehead atoms. The Bertz CT molecular complexity index is 1300. The van der Waals surface area contributed by atoms with Crippen molar-refractivity contribution in [3.05, 3.63) is 107 Å². The second-order valence-corrected chi connectivity index (χ2v) is 8.63. The maximum absolute atomic E-state index is 11.2. The summed E-state index contributed by atoms with van der Waals surface area (Å²) in [4.78, 5) is 15.6. The fraction of sp³-hybridized carbons (Fsp3) is 0.241. The van der Waals surface area contributed by atoms with E-state index in [4.69, 9.17) is 4.74 Å². The van der Waals surface area contributed by atoms with Gasteiger partial charge in [0.2, 0.25) is 0 Å². The topological polar surface area (TPSA) is 64.3 Å². The molecule has 1 atom stereocenters. The molecule has 0 spiro atoms. The molecule has 4 aromatic rings. The number of aliphatic carboxylic acids is 1. The average Bonchev–Trinajstić information content (AvgIpc) is 3.23. The van der Waals surface area contributed by atoms with E-state index >= 15 is 0 Å². The standard InChI is InChI=1S/C29H30N2O3/c1-4-5-25(16-28(32)33)23-10-12-27(13-11-23)34-19-26-9-8-24-14-15-31(29(24)21(26)3)18-22-7-6-20(2)30-17-22/h4-15,17,25H,16,18-19H2,1-3H3,(H,32,33)/t25-/m1/s1. The maximum atomic E-state index is 11.2. The highest BCUT2D eigenvalue weighted by Crippen LogP contribution is 2.27. The fourth-order valence-electron chi connectivity index (χ4n) is 4.29. The largest absolute Gasteiger partial charge is 0.489 e. The molecular formula is C29H30N2O3. The summed E-state index contributed by atoms with van der Waals surface area (Å²) in [6.45, 7) is 7.27. The third kappa shape index (κ3) is 5.37. The van der Waals surface area contributed by atoms with Gasteiger partial charge in [-0.2, -0.15) is 0 Å². The lowest BCUT2D eigenvalue weighted by molar-refractivity contribution is -0.137. The molecule has 0 unspecified atom stereocenters. The Hall–Kier alpha value is -3.86. The first kappa shape index (κ1) is 23.3. The lowest BCUT2D eigenvalue weighted by Crippen LogP contribution is -2.05. The van der Waals surface area contributed by atoms with Crippen LogP contribution in [0.3, 0.4) is 0 Å². The van der Waals surface area contributed by atoms with E-state index in [1.54, 1.807) is 0 Å². The lowest BCUT2D eigenvalue weighted by atomic mass is 9.95. The van der Waals surface area contributed by atoms with Gasteiger partial charge in [-0.3, -0.25) is 9.78 Å².